The quantitative estimate of drug-likeness (QED) is 0.510. The van der Waals surface area contributed by atoms with Crippen LogP contribution in [0.15, 0.2) is 42.5 Å². The predicted octanol–water partition coefficient (Wildman–Crippen LogP) is 4.56. The molecular formula is C18H20N2O3. The molecule has 0 spiro atoms. The number of nitro benzene ring substituents is 1. The van der Waals surface area contributed by atoms with Gasteiger partial charge in [0.2, 0.25) is 0 Å². The van der Waals surface area contributed by atoms with Gasteiger partial charge < -0.3 is 10.5 Å². The normalized spacial score (nSPS) is 15.3. The van der Waals surface area contributed by atoms with Crippen LogP contribution in [0.5, 0.6) is 5.75 Å². The van der Waals surface area contributed by atoms with Crippen LogP contribution in [0.3, 0.4) is 0 Å². The number of hydrogen-bond donors (Lipinski definition) is 1. The second-order valence-electron chi connectivity index (χ2n) is 5.90. The molecule has 0 atom stereocenters. The zero-order valence-electron chi connectivity index (χ0n) is 12.9. The van der Waals surface area contributed by atoms with E-state index in [1.807, 2.05) is 24.3 Å². The van der Waals surface area contributed by atoms with Gasteiger partial charge in [0.05, 0.1) is 16.6 Å². The summed E-state index contributed by atoms with van der Waals surface area (Å²) in [7, 11) is 0. The van der Waals surface area contributed by atoms with Gasteiger partial charge in [-0.3, -0.25) is 10.1 Å². The van der Waals surface area contributed by atoms with Gasteiger partial charge >= 0.3 is 0 Å². The van der Waals surface area contributed by atoms with E-state index in [0.717, 1.165) is 24.2 Å². The summed E-state index contributed by atoms with van der Waals surface area (Å²) in [6, 6.07) is 12.4. The summed E-state index contributed by atoms with van der Waals surface area (Å²) in [5, 5.41) is 11.2. The first-order valence-electron chi connectivity index (χ1n) is 7.95. The van der Waals surface area contributed by atoms with Crippen molar-refractivity contribution in [2.45, 2.75) is 38.2 Å². The maximum Gasteiger partial charge on any atom is 0.299 e. The third-order valence-corrected chi connectivity index (χ3v) is 4.27. The van der Waals surface area contributed by atoms with Gasteiger partial charge in [0, 0.05) is 0 Å². The molecule has 1 aliphatic rings. The van der Waals surface area contributed by atoms with E-state index in [1.165, 1.54) is 19.3 Å². The van der Waals surface area contributed by atoms with Gasteiger partial charge in [0.25, 0.3) is 5.69 Å². The highest BCUT2D eigenvalue weighted by atomic mass is 16.6. The number of para-hydroxylation sites is 1. The number of ether oxygens (including phenoxy) is 1. The van der Waals surface area contributed by atoms with E-state index in [9.17, 15) is 10.1 Å². The van der Waals surface area contributed by atoms with E-state index in [0.29, 0.717) is 5.56 Å². The van der Waals surface area contributed by atoms with Crippen LogP contribution in [0.2, 0.25) is 0 Å². The highest BCUT2D eigenvalue weighted by Crippen LogP contribution is 2.35. The van der Waals surface area contributed by atoms with E-state index in [-0.39, 0.29) is 17.5 Å². The Labute approximate surface area is 135 Å². The number of rotatable bonds is 4. The van der Waals surface area contributed by atoms with Crippen molar-refractivity contribution in [3.8, 4) is 16.9 Å². The second-order valence-corrected chi connectivity index (χ2v) is 5.90. The number of nitrogen functional groups attached to an aromatic ring is 1. The van der Waals surface area contributed by atoms with E-state index in [4.69, 9.17) is 10.5 Å². The lowest BCUT2D eigenvalue weighted by molar-refractivity contribution is -0.383. The van der Waals surface area contributed by atoms with Crippen molar-refractivity contribution in [2.24, 2.45) is 0 Å². The molecule has 0 aliphatic heterocycles. The van der Waals surface area contributed by atoms with Crippen LogP contribution in [0.1, 0.15) is 32.1 Å². The molecule has 3 rings (SSSR count). The molecule has 2 N–H and O–H groups in total. The zero-order chi connectivity index (χ0) is 16.2. The monoisotopic (exact) mass is 312 g/mol. The Hall–Kier alpha value is -2.56. The summed E-state index contributed by atoms with van der Waals surface area (Å²) in [6.07, 6.45) is 6.22. The summed E-state index contributed by atoms with van der Waals surface area (Å²) in [6.45, 7) is 0. The molecule has 0 bridgehead atoms. The van der Waals surface area contributed by atoms with Crippen LogP contribution in [0.4, 0.5) is 11.4 Å². The first-order valence-corrected chi connectivity index (χ1v) is 7.95. The van der Waals surface area contributed by atoms with E-state index in [1.54, 1.807) is 18.2 Å². The van der Waals surface area contributed by atoms with Crippen molar-refractivity contribution < 1.29 is 9.66 Å². The van der Waals surface area contributed by atoms with Crippen molar-refractivity contribution in [1.29, 1.82) is 0 Å². The molecule has 0 aromatic heterocycles. The Kier molecular flexibility index (Phi) is 4.46. The highest BCUT2D eigenvalue weighted by Gasteiger charge is 2.19. The Bertz CT molecular complexity index is 692. The van der Waals surface area contributed by atoms with Gasteiger partial charge in [-0.15, -0.1) is 0 Å². The summed E-state index contributed by atoms with van der Waals surface area (Å²) in [4.78, 5) is 10.8. The number of anilines is 1. The van der Waals surface area contributed by atoms with Crippen LogP contribution in [0, 0.1) is 10.1 Å². The minimum absolute atomic E-state index is 0.0477. The summed E-state index contributed by atoms with van der Waals surface area (Å²) in [5.41, 5.74) is 7.17. The summed E-state index contributed by atoms with van der Waals surface area (Å²) >= 11 is 0. The van der Waals surface area contributed by atoms with Crippen LogP contribution < -0.4 is 10.5 Å². The molecular weight excluding hydrogens is 292 g/mol. The first-order chi connectivity index (χ1) is 11.1. The van der Waals surface area contributed by atoms with Crippen LogP contribution in [0.25, 0.3) is 11.1 Å². The lowest BCUT2D eigenvalue weighted by Crippen LogP contribution is -2.19. The molecule has 0 heterocycles. The van der Waals surface area contributed by atoms with Crippen molar-refractivity contribution in [3.05, 3.63) is 52.6 Å². The Morgan fingerprint density at radius 3 is 2.39 bits per heavy atom. The molecule has 1 aliphatic carbocycles. The van der Waals surface area contributed by atoms with Crippen LogP contribution in [-0.2, 0) is 0 Å². The smallest absolute Gasteiger partial charge is 0.299 e. The maximum atomic E-state index is 11.2. The molecule has 120 valence electrons. The number of benzene rings is 2. The molecule has 0 saturated heterocycles. The SMILES string of the molecule is Nc1cccc(-c2ccc(OC3CCCCC3)cc2)c1[N+](=O)[O-]. The van der Waals surface area contributed by atoms with Crippen molar-refractivity contribution >= 4 is 11.4 Å². The fraction of sp³-hybridized carbons (Fsp3) is 0.333. The van der Waals surface area contributed by atoms with Gasteiger partial charge in [0.15, 0.2) is 0 Å². The molecule has 1 fully saturated rings. The lowest BCUT2D eigenvalue weighted by atomic mass is 9.97. The standard InChI is InChI=1S/C18H20N2O3/c19-17-8-4-7-16(18(17)20(21)22)13-9-11-15(12-10-13)23-14-5-2-1-3-6-14/h4,7-12,14H,1-3,5-6,19H2. The van der Waals surface area contributed by atoms with Gasteiger partial charge in [-0.1, -0.05) is 24.6 Å². The average Bonchev–Trinajstić information content (AvgIpc) is 2.56. The molecule has 0 radical (unpaired) electrons. The number of nitro groups is 1. The van der Waals surface area contributed by atoms with Crippen molar-refractivity contribution in [2.75, 3.05) is 5.73 Å². The second kappa shape index (κ2) is 6.69. The minimum Gasteiger partial charge on any atom is -0.490 e. The fourth-order valence-corrected chi connectivity index (χ4v) is 3.09. The Morgan fingerprint density at radius 1 is 1.04 bits per heavy atom. The van der Waals surface area contributed by atoms with Gasteiger partial charge in [0.1, 0.15) is 11.4 Å². The molecule has 23 heavy (non-hydrogen) atoms. The minimum atomic E-state index is -0.433. The molecule has 0 amide bonds. The first kappa shape index (κ1) is 15.3. The lowest BCUT2D eigenvalue weighted by Gasteiger charge is -2.23. The van der Waals surface area contributed by atoms with E-state index in [2.05, 4.69) is 0 Å². The largest absolute Gasteiger partial charge is 0.490 e. The van der Waals surface area contributed by atoms with E-state index < -0.39 is 4.92 Å². The third-order valence-electron chi connectivity index (χ3n) is 4.27. The molecule has 5 heteroatoms. The summed E-state index contributed by atoms with van der Waals surface area (Å²) < 4.78 is 5.99. The third kappa shape index (κ3) is 3.44. The number of hydrogen-bond acceptors (Lipinski definition) is 4. The molecule has 0 unspecified atom stereocenters. The Balaban J connectivity index is 1.82. The number of nitrogens with zero attached hydrogens (tertiary/aromatic N) is 1. The molecule has 2 aromatic carbocycles. The van der Waals surface area contributed by atoms with E-state index >= 15 is 0 Å². The molecule has 1 saturated carbocycles. The van der Waals surface area contributed by atoms with Gasteiger partial charge in [-0.25, -0.2) is 0 Å². The predicted molar refractivity (Wildman–Crippen MR) is 90.4 cm³/mol. The summed E-state index contributed by atoms with van der Waals surface area (Å²) in [5.74, 6) is 0.812. The van der Waals surface area contributed by atoms with Crippen molar-refractivity contribution in [3.63, 3.8) is 0 Å². The highest BCUT2D eigenvalue weighted by molar-refractivity contribution is 5.81. The van der Waals surface area contributed by atoms with Gasteiger partial charge in [-0.05, 0) is 55.5 Å². The van der Waals surface area contributed by atoms with Crippen LogP contribution in [-0.4, -0.2) is 11.0 Å². The average molecular weight is 312 g/mol. The van der Waals surface area contributed by atoms with Gasteiger partial charge in [-0.2, -0.15) is 0 Å². The van der Waals surface area contributed by atoms with Crippen molar-refractivity contribution in [1.82, 2.24) is 0 Å². The topological polar surface area (TPSA) is 78.4 Å². The Morgan fingerprint density at radius 2 is 1.74 bits per heavy atom. The molecule has 2 aromatic rings. The number of nitrogens with two attached hydrogens (primary N) is 1. The maximum absolute atomic E-state index is 11.2. The molecule has 5 nitrogen and oxygen atoms in total. The van der Waals surface area contributed by atoms with Crippen LogP contribution >= 0.6 is 0 Å². The fourth-order valence-electron chi connectivity index (χ4n) is 3.09. The zero-order valence-corrected chi connectivity index (χ0v) is 12.9.